The van der Waals surface area contributed by atoms with Gasteiger partial charge in [-0.05, 0) is 39.5 Å². The quantitative estimate of drug-likeness (QED) is 0.576. The maximum atomic E-state index is 12.2. The molecule has 0 spiro atoms. The predicted octanol–water partition coefficient (Wildman–Crippen LogP) is 4.71. The van der Waals surface area contributed by atoms with Crippen LogP contribution in [0.15, 0.2) is 0 Å². The van der Waals surface area contributed by atoms with Crippen LogP contribution in [-0.4, -0.2) is 11.6 Å². The van der Waals surface area contributed by atoms with Crippen molar-refractivity contribution in [1.29, 1.82) is 0 Å². The lowest BCUT2D eigenvalue weighted by molar-refractivity contribution is -0.173. The zero-order valence-electron chi connectivity index (χ0n) is 12.6. The maximum absolute atomic E-state index is 12.2. The van der Waals surface area contributed by atoms with Crippen LogP contribution in [-0.2, 0) is 9.53 Å². The van der Waals surface area contributed by atoms with Crippen LogP contribution in [0.5, 0.6) is 0 Å². The Hall–Kier alpha value is -0.530. The minimum atomic E-state index is -0.359. The molecule has 0 N–H and O–H groups in total. The zero-order chi connectivity index (χ0) is 13.5. The van der Waals surface area contributed by atoms with E-state index in [0.29, 0.717) is 0 Å². The molecular weight excluding hydrogens is 212 g/mol. The number of esters is 1. The highest BCUT2D eigenvalue weighted by molar-refractivity contribution is 5.76. The molecule has 0 rings (SSSR count). The van der Waals surface area contributed by atoms with Gasteiger partial charge in [0.05, 0.1) is 5.41 Å². The summed E-state index contributed by atoms with van der Waals surface area (Å²) in [5.41, 5.74) is -0.588. The Morgan fingerprint density at radius 1 is 0.941 bits per heavy atom. The Labute approximate surface area is 107 Å². The zero-order valence-corrected chi connectivity index (χ0v) is 12.6. The number of rotatable bonds is 8. The van der Waals surface area contributed by atoms with Crippen LogP contribution in [0.1, 0.15) is 80.1 Å². The predicted molar refractivity (Wildman–Crippen MR) is 73.0 cm³/mol. The fraction of sp³-hybridized carbons (Fsp3) is 0.933. The minimum Gasteiger partial charge on any atom is -0.459 e. The molecule has 0 amide bonds. The third-order valence-electron chi connectivity index (χ3n) is 3.80. The Morgan fingerprint density at radius 3 is 1.71 bits per heavy atom. The van der Waals surface area contributed by atoms with E-state index < -0.39 is 0 Å². The van der Waals surface area contributed by atoms with Crippen LogP contribution in [0.4, 0.5) is 0 Å². The molecule has 0 saturated carbocycles. The molecule has 0 heterocycles. The molecule has 0 saturated heterocycles. The third-order valence-corrected chi connectivity index (χ3v) is 3.80. The van der Waals surface area contributed by atoms with Gasteiger partial charge in [-0.3, -0.25) is 4.79 Å². The molecule has 0 radical (unpaired) electrons. The molecule has 0 aromatic heterocycles. The molecular formula is C15H30O2. The number of carbonyl (C=O) groups excluding carboxylic acids is 1. The fourth-order valence-electron chi connectivity index (χ4n) is 2.04. The summed E-state index contributed by atoms with van der Waals surface area (Å²) in [6, 6.07) is 0. The SMILES string of the molecule is CCCC(CC)(CCC)OC(=O)C(C)(C)CC. The van der Waals surface area contributed by atoms with Crippen LogP contribution in [0.3, 0.4) is 0 Å². The van der Waals surface area contributed by atoms with Gasteiger partial charge in [-0.2, -0.15) is 0 Å². The summed E-state index contributed by atoms with van der Waals surface area (Å²) in [6.07, 6.45) is 5.82. The Balaban J connectivity index is 4.79. The molecule has 0 aliphatic rings. The molecule has 102 valence electrons. The summed E-state index contributed by atoms with van der Waals surface area (Å²) in [4.78, 5) is 12.2. The molecule has 17 heavy (non-hydrogen) atoms. The summed E-state index contributed by atoms with van der Waals surface area (Å²) in [5.74, 6) is -0.0382. The Bertz CT molecular complexity index is 225. The Morgan fingerprint density at radius 2 is 1.41 bits per heavy atom. The lowest BCUT2D eigenvalue weighted by atomic mass is 9.87. The smallest absolute Gasteiger partial charge is 0.312 e. The first-order valence-corrected chi connectivity index (χ1v) is 7.11. The topological polar surface area (TPSA) is 26.3 Å². The van der Waals surface area contributed by atoms with Crippen molar-refractivity contribution in [3.05, 3.63) is 0 Å². The Kier molecular flexibility index (Phi) is 6.81. The molecule has 0 aliphatic carbocycles. The summed E-state index contributed by atoms with van der Waals surface area (Å²) in [7, 11) is 0. The monoisotopic (exact) mass is 242 g/mol. The van der Waals surface area contributed by atoms with Crippen molar-refractivity contribution >= 4 is 5.97 Å². The van der Waals surface area contributed by atoms with E-state index in [1.54, 1.807) is 0 Å². The van der Waals surface area contributed by atoms with Crippen molar-refractivity contribution < 1.29 is 9.53 Å². The van der Waals surface area contributed by atoms with Gasteiger partial charge in [-0.25, -0.2) is 0 Å². The lowest BCUT2D eigenvalue weighted by Crippen LogP contribution is -2.39. The normalized spacial score (nSPS) is 12.6. The number of hydrogen-bond donors (Lipinski definition) is 0. The van der Waals surface area contributed by atoms with Crippen LogP contribution in [0.2, 0.25) is 0 Å². The van der Waals surface area contributed by atoms with E-state index in [0.717, 1.165) is 38.5 Å². The van der Waals surface area contributed by atoms with E-state index in [1.165, 1.54) is 0 Å². The summed E-state index contributed by atoms with van der Waals surface area (Å²) < 4.78 is 5.88. The second kappa shape index (κ2) is 7.03. The van der Waals surface area contributed by atoms with Crippen molar-refractivity contribution in [1.82, 2.24) is 0 Å². The summed E-state index contributed by atoms with van der Waals surface area (Å²) >= 11 is 0. The highest BCUT2D eigenvalue weighted by atomic mass is 16.6. The van der Waals surface area contributed by atoms with Crippen molar-refractivity contribution in [2.75, 3.05) is 0 Å². The van der Waals surface area contributed by atoms with Crippen molar-refractivity contribution in [3.63, 3.8) is 0 Å². The van der Waals surface area contributed by atoms with Crippen LogP contribution < -0.4 is 0 Å². The first-order chi connectivity index (χ1) is 7.87. The molecule has 2 heteroatoms. The van der Waals surface area contributed by atoms with Gasteiger partial charge in [0, 0.05) is 0 Å². The first-order valence-electron chi connectivity index (χ1n) is 7.11. The van der Waals surface area contributed by atoms with Crippen LogP contribution in [0.25, 0.3) is 0 Å². The largest absolute Gasteiger partial charge is 0.459 e. The molecule has 2 nitrogen and oxygen atoms in total. The standard InChI is InChI=1S/C15H30O2/c1-7-11-15(10-4,12-8-2)17-13(16)14(5,6)9-3/h7-12H2,1-6H3. The molecule has 0 atom stereocenters. The minimum absolute atomic E-state index is 0.0382. The summed E-state index contributed by atoms with van der Waals surface area (Å²) in [6.45, 7) is 12.4. The maximum Gasteiger partial charge on any atom is 0.312 e. The highest BCUT2D eigenvalue weighted by Crippen LogP contribution is 2.32. The second-order valence-electron chi connectivity index (χ2n) is 5.66. The number of hydrogen-bond acceptors (Lipinski definition) is 2. The van der Waals surface area contributed by atoms with E-state index >= 15 is 0 Å². The van der Waals surface area contributed by atoms with Crippen LogP contribution >= 0.6 is 0 Å². The fourth-order valence-corrected chi connectivity index (χ4v) is 2.04. The number of ether oxygens (including phenoxy) is 1. The third kappa shape index (κ3) is 4.69. The van der Waals surface area contributed by atoms with Gasteiger partial charge in [0.15, 0.2) is 0 Å². The van der Waals surface area contributed by atoms with Crippen molar-refractivity contribution in [2.45, 2.75) is 85.7 Å². The van der Waals surface area contributed by atoms with Gasteiger partial charge in [0.1, 0.15) is 5.60 Å². The average Bonchev–Trinajstić information content (AvgIpc) is 2.29. The molecule has 0 fully saturated rings. The van der Waals surface area contributed by atoms with E-state index in [1.807, 2.05) is 20.8 Å². The van der Waals surface area contributed by atoms with Gasteiger partial charge in [0.2, 0.25) is 0 Å². The molecule has 0 unspecified atom stereocenters. The molecule has 0 aliphatic heterocycles. The van der Waals surface area contributed by atoms with E-state index in [-0.39, 0.29) is 17.0 Å². The molecule has 0 aromatic carbocycles. The summed E-state index contributed by atoms with van der Waals surface area (Å²) in [5, 5.41) is 0. The average molecular weight is 242 g/mol. The second-order valence-corrected chi connectivity index (χ2v) is 5.66. The van der Waals surface area contributed by atoms with Gasteiger partial charge >= 0.3 is 5.97 Å². The molecule has 0 aromatic rings. The molecule has 0 bridgehead atoms. The van der Waals surface area contributed by atoms with Gasteiger partial charge in [-0.1, -0.05) is 40.5 Å². The highest BCUT2D eigenvalue weighted by Gasteiger charge is 2.36. The van der Waals surface area contributed by atoms with E-state index in [2.05, 4.69) is 20.8 Å². The van der Waals surface area contributed by atoms with Gasteiger partial charge in [-0.15, -0.1) is 0 Å². The lowest BCUT2D eigenvalue weighted by Gasteiger charge is -2.35. The van der Waals surface area contributed by atoms with E-state index in [4.69, 9.17) is 4.74 Å². The van der Waals surface area contributed by atoms with Gasteiger partial charge in [0.25, 0.3) is 0 Å². The van der Waals surface area contributed by atoms with Crippen molar-refractivity contribution in [2.24, 2.45) is 5.41 Å². The first kappa shape index (κ1) is 16.5. The number of carbonyl (C=O) groups is 1. The van der Waals surface area contributed by atoms with Crippen molar-refractivity contribution in [3.8, 4) is 0 Å². The van der Waals surface area contributed by atoms with Gasteiger partial charge < -0.3 is 4.74 Å². The van der Waals surface area contributed by atoms with Crippen LogP contribution in [0, 0.1) is 5.41 Å². The van der Waals surface area contributed by atoms with E-state index in [9.17, 15) is 4.79 Å².